The quantitative estimate of drug-likeness (QED) is 0.826. The topological polar surface area (TPSA) is 35.8 Å². The molecule has 0 aliphatic carbocycles. The van der Waals surface area contributed by atoms with Gasteiger partial charge in [-0.05, 0) is 70.7 Å². The first kappa shape index (κ1) is 14.9. The fourth-order valence-electron chi connectivity index (χ4n) is 1.94. The van der Waals surface area contributed by atoms with Gasteiger partial charge in [0.15, 0.2) is 0 Å². The van der Waals surface area contributed by atoms with Crippen LogP contribution >= 0.6 is 27.5 Å². The number of nitrogens with zero attached hydrogens (tertiary/aromatic N) is 1. The molecule has 0 saturated carbocycles. The van der Waals surface area contributed by atoms with Crippen LogP contribution in [0, 0.1) is 25.2 Å². The molecule has 102 valence electrons. The summed E-state index contributed by atoms with van der Waals surface area (Å²) in [5.74, 6) is 0. The summed E-state index contributed by atoms with van der Waals surface area (Å²) < 4.78 is 0.991. The van der Waals surface area contributed by atoms with Gasteiger partial charge >= 0.3 is 0 Å². The van der Waals surface area contributed by atoms with E-state index in [1.807, 2.05) is 44.2 Å². The van der Waals surface area contributed by atoms with Gasteiger partial charge in [-0.3, -0.25) is 0 Å². The number of nitriles is 1. The molecule has 1 N–H and O–H groups in total. The molecule has 0 bridgehead atoms. The molecule has 0 unspecified atom stereocenters. The zero-order valence-electron chi connectivity index (χ0n) is 11.3. The van der Waals surface area contributed by atoms with Crippen molar-refractivity contribution in [3.05, 3.63) is 62.1 Å². The van der Waals surface area contributed by atoms with E-state index in [2.05, 4.69) is 27.3 Å². The standard InChI is InChI=1S/C16H14BrClN2/c1-10-5-12(8-19)3-4-13(10)9-20-16-7-15(18)11(2)6-14(16)17/h3-7,20H,9H2,1-2H3. The number of rotatable bonds is 3. The van der Waals surface area contributed by atoms with Crippen molar-refractivity contribution in [2.75, 3.05) is 5.32 Å². The molecule has 20 heavy (non-hydrogen) atoms. The molecule has 2 nitrogen and oxygen atoms in total. The van der Waals surface area contributed by atoms with E-state index in [0.29, 0.717) is 12.1 Å². The second-order valence-corrected chi connectivity index (χ2v) is 5.95. The fourth-order valence-corrected chi connectivity index (χ4v) is 2.70. The lowest BCUT2D eigenvalue weighted by Gasteiger charge is -2.12. The van der Waals surface area contributed by atoms with E-state index >= 15 is 0 Å². The van der Waals surface area contributed by atoms with E-state index in [1.54, 1.807) is 0 Å². The second kappa shape index (κ2) is 6.30. The van der Waals surface area contributed by atoms with Gasteiger partial charge in [0, 0.05) is 16.0 Å². The molecule has 0 aliphatic heterocycles. The lowest BCUT2D eigenvalue weighted by molar-refractivity contribution is 1.11. The lowest BCUT2D eigenvalue weighted by Crippen LogP contribution is -2.02. The van der Waals surface area contributed by atoms with Crippen molar-refractivity contribution >= 4 is 33.2 Å². The van der Waals surface area contributed by atoms with Crippen LogP contribution in [0.1, 0.15) is 22.3 Å². The Morgan fingerprint density at radius 2 is 1.95 bits per heavy atom. The summed E-state index contributed by atoms with van der Waals surface area (Å²) in [4.78, 5) is 0. The Balaban J connectivity index is 2.17. The fraction of sp³-hybridized carbons (Fsp3) is 0.188. The van der Waals surface area contributed by atoms with Gasteiger partial charge in [0.25, 0.3) is 0 Å². The van der Waals surface area contributed by atoms with Crippen LogP contribution in [0.15, 0.2) is 34.8 Å². The minimum atomic E-state index is 0.686. The predicted octanol–water partition coefficient (Wildman–Crippen LogP) is 5.20. The number of nitrogens with one attached hydrogen (secondary N) is 1. The van der Waals surface area contributed by atoms with Gasteiger partial charge in [-0.15, -0.1) is 0 Å². The number of hydrogen-bond donors (Lipinski definition) is 1. The summed E-state index contributed by atoms with van der Waals surface area (Å²) in [5, 5.41) is 13.0. The Kier molecular flexibility index (Phi) is 4.69. The van der Waals surface area contributed by atoms with E-state index in [0.717, 1.165) is 31.9 Å². The van der Waals surface area contributed by atoms with Gasteiger partial charge in [-0.1, -0.05) is 17.7 Å². The highest BCUT2D eigenvalue weighted by Crippen LogP contribution is 2.29. The van der Waals surface area contributed by atoms with Crippen molar-refractivity contribution in [2.45, 2.75) is 20.4 Å². The van der Waals surface area contributed by atoms with Gasteiger partial charge < -0.3 is 5.32 Å². The molecule has 2 aromatic carbocycles. The average molecular weight is 350 g/mol. The van der Waals surface area contributed by atoms with Crippen molar-refractivity contribution in [3.8, 4) is 6.07 Å². The monoisotopic (exact) mass is 348 g/mol. The van der Waals surface area contributed by atoms with Gasteiger partial charge in [0.2, 0.25) is 0 Å². The molecule has 2 rings (SSSR count). The molecule has 0 fully saturated rings. The van der Waals surface area contributed by atoms with Crippen LogP contribution in [0.4, 0.5) is 5.69 Å². The van der Waals surface area contributed by atoms with E-state index in [-0.39, 0.29) is 0 Å². The SMILES string of the molecule is Cc1cc(Br)c(NCc2ccc(C#N)cc2C)cc1Cl. The van der Waals surface area contributed by atoms with Crippen LogP contribution in [-0.4, -0.2) is 0 Å². The van der Waals surface area contributed by atoms with Gasteiger partial charge in [0.1, 0.15) is 0 Å². The molecule has 2 aromatic rings. The first-order valence-electron chi connectivity index (χ1n) is 6.20. The van der Waals surface area contributed by atoms with Crippen LogP contribution in [-0.2, 0) is 6.54 Å². The molecule has 0 atom stereocenters. The summed E-state index contributed by atoms with van der Waals surface area (Å²) in [6.45, 7) is 4.67. The molecular formula is C16H14BrClN2. The Bertz CT molecular complexity index is 690. The third kappa shape index (κ3) is 3.33. The Labute approximate surface area is 132 Å². The van der Waals surface area contributed by atoms with Crippen molar-refractivity contribution in [1.82, 2.24) is 0 Å². The Morgan fingerprint density at radius 1 is 1.20 bits per heavy atom. The third-order valence-corrected chi connectivity index (χ3v) is 4.25. The molecule has 0 amide bonds. The zero-order chi connectivity index (χ0) is 14.7. The first-order valence-corrected chi connectivity index (χ1v) is 7.37. The van der Waals surface area contributed by atoms with Crippen molar-refractivity contribution < 1.29 is 0 Å². The number of halogens is 2. The third-order valence-electron chi connectivity index (χ3n) is 3.19. The van der Waals surface area contributed by atoms with E-state index in [9.17, 15) is 0 Å². The van der Waals surface area contributed by atoms with Crippen LogP contribution in [0.2, 0.25) is 5.02 Å². The molecule has 0 radical (unpaired) electrons. The lowest BCUT2D eigenvalue weighted by atomic mass is 10.1. The number of anilines is 1. The second-order valence-electron chi connectivity index (χ2n) is 4.69. The number of benzene rings is 2. The minimum absolute atomic E-state index is 0.686. The highest BCUT2D eigenvalue weighted by Gasteiger charge is 2.05. The Morgan fingerprint density at radius 3 is 2.60 bits per heavy atom. The number of hydrogen-bond acceptors (Lipinski definition) is 2. The summed E-state index contributed by atoms with van der Waals surface area (Å²) in [7, 11) is 0. The molecular weight excluding hydrogens is 336 g/mol. The predicted molar refractivity (Wildman–Crippen MR) is 87.1 cm³/mol. The van der Waals surface area contributed by atoms with Gasteiger partial charge in [0.05, 0.1) is 17.3 Å². The maximum atomic E-state index is 8.87. The summed E-state index contributed by atoms with van der Waals surface area (Å²) in [6.07, 6.45) is 0. The van der Waals surface area contributed by atoms with Gasteiger partial charge in [-0.2, -0.15) is 5.26 Å². The summed E-state index contributed by atoms with van der Waals surface area (Å²) in [6, 6.07) is 11.8. The highest BCUT2D eigenvalue weighted by atomic mass is 79.9. The van der Waals surface area contributed by atoms with Crippen molar-refractivity contribution in [1.29, 1.82) is 5.26 Å². The normalized spacial score (nSPS) is 10.2. The van der Waals surface area contributed by atoms with Crippen LogP contribution < -0.4 is 5.32 Å². The van der Waals surface area contributed by atoms with E-state index in [4.69, 9.17) is 16.9 Å². The van der Waals surface area contributed by atoms with Crippen LogP contribution in [0.5, 0.6) is 0 Å². The first-order chi connectivity index (χ1) is 9.51. The smallest absolute Gasteiger partial charge is 0.0991 e. The maximum Gasteiger partial charge on any atom is 0.0991 e. The minimum Gasteiger partial charge on any atom is -0.380 e. The van der Waals surface area contributed by atoms with Crippen LogP contribution in [0.3, 0.4) is 0 Å². The zero-order valence-corrected chi connectivity index (χ0v) is 13.6. The van der Waals surface area contributed by atoms with E-state index < -0.39 is 0 Å². The molecule has 0 spiro atoms. The highest BCUT2D eigenvalue weighted by molar-refractivity contribution is 9.10. The van der Waals surface area contributed by atoms with E-state index in [1.165, 1.54) is 0 Å². The molecule has 0 saturated heterocycles. The molecule has 0 aliphatic rings. The average Bonchev–Trinajstić information content (AvgIpc) is 2.42. The van der Waals surface area contributed by atoms with Gasteiger partial charge in [-0.25, -0.2) is 0 Å². The largest absolute Gasteiger partial charge is 0.380 e. The van der Waals surface area contributed by atoms with Crippen molar-refractivity contribution in [3.63, 3.8) is 0 Å². The van der Waals surface area contributed by atoms with Crippen molar-refractivity contribution in [2.24, 2.45) is 0 Å². The number of aryl methyl sites for hydroxylation is 2. The summed E-state index contributed by atoms with van der Waals surface area (Å²) >= 11 is 9.67. The Hall–Kier alpha value is -1.50. The molecule has 4 heteroatoms. The molecule has 0 heterocycles. The van der Waals surface area contributed by atoms with Crippen LogP contribution in [0.25, 0.3) is 0 Å². The maximum absolute atomic E-state index is 8.87. The molecule has 0 aromatic heterocycles. The summed E-state index contributed by atoms with van der Waals surface area (Å²) in [5.41, 5.74) is 4.95.